The minimum absolute atomic E-state index is 0.0247. The van der Waals surface area contributed by atoms with Gasteiger partial charge in [0.2, 0.25) is 0 Å². The van der Waals surface area contributed by atoms with Gasteiger partial charge in [0.25, 0.3) is 0 Å². The van der Waals surface area contributed by atoms with E-state index in [9.17, 15) is 0 Å². The second kappa shape index (κ2) is 3.87. The Morgan fingerprint density at radius 3 is 2.07 bits per heavy atom. The summed E-state index contributed by atoms with van der Waals surface area (Å²) in [4.78, 5) is 8.42. The number of thioether (sulfide) groups is 2. The van der Waals surface area contributed by atoms with E-state index in [2.05, 4.69) is 9.98 Å². The van der Waals surface area contributed by atoms with Crippen LogP contribution >= 0.6 is 23.5 Å². The summed E-state index contributed by atoms with van der Waals surface area (Å²) in [5, 5.41) is 17.4. The highest BCUT2D eigenvalue weighted by molar-refractivity contribution is 8.26. The average Bonchev–Trinajstić information content (AvgIpc) is 2.63. The highest BCUT2D eigenvalue weighted by Crippen LogP contribution is 2.49. The molecule has 2 aliphatic rings. The second-order valence-electron chi connectivity index (χ2n) is 2.50. The third kappa shape index (κ3) is 1.54. The molecule has 0 N–H and O–H groups in total. The lowest BCUT2D eigenvalue weighted by molar-refractivity contribution is 0.869. The summed E-state index contributed by atoms with van der Waals surface area (Å²) >= 11 is 2.88. The fraction of sp³-hybridized carbons (Fsp3) is 0.250. The molecule has 0 aromatic carbocycles. The van der Waals surface area contributed by atoms with Crippen molar-refractivity contribution in [3.63, 3.8) is 0 Å². The van der Waals surface area contributed by atoms with Crippen molar-refractivity contribution in [2.45, 2.75) is 10.7 Å². The van der Waals surface area contributed by atoms with Gasteiger partial charge in [-0.05, 0) is 0 Å². The summed E-state index contributed by atoms with van der Waals surface area (Å²) in [6.07, 6.45) is 3.30. The van der Waals surface area contributed by atoms with E-state index in [0.717, 1.165) is 4.24 Å². The number of hydrogen-bond acceptors (Lipinski definition) is 6. The summed E-state index contributed by atoms with van der Waals surface area (Å²) in [5.41, 5.74) is 0.166. The molecule has 0 aliphatic carbocycles. The number of nitrogens with zero attached hydrogens (tertiary/aromatic N) is 4. The van der Waals surface area contributed by atoms with Crippen LogP contribution < -0.4 is 0 Å². The van der Waals surface area contributed by atoms with Gasteiger partial charge < -0.3 is 0 Å². The molecule has 0 saturated carbocycles. The zero-order valence-corrected chi connectivity index (χ0v) is 8.55. The molecule has 68 valence electrons. The molecule has 2 unspecified atom stereocenters. The summed E-state index contributed by atoms with van der Waals surface area (Å²) < 4.78 is 0.737. The van der Waals surface area contributed by atoms with E-state index in [1.807, 2.05) is 12.1 Å². The number of hydrogen-bond donors (Lipinski definition) is 0. The molecule has 0 aromatic rings. The van der Waals surface area contributed by atoms with Crippen LogP contribution in [-0.2, 0) is 0 Å². The lowest BCUT2D eigenvalue weighted by Gasteiger charge is -2.09. The molecule has 0 bridgehead atoms. The molecule has 0 radical (unpaired) electrons. The van der Waals surface area contributed by atoms with Crippen molar-refractivity contribution in [1.29, 1.82) is 10.5 Å². The molecular weight excluding hydrogens is 216 g/mol. The predicted octanol–water partition coefficient (Wildman–Crippen LogP) is 1.53. The van der Waals surface area contributed by atoms with Gasteiger partial charge in [-0.3, -0.25) is 9.98 Å². The van der Waals surface area contributed by atoms with Gasteiger partial charge in [-0.15, -0.1) is 0 Å². The van der Waals surface area contributed by atoms with Crippen LogP contribution in [0.15, 0.2) is 19.8 Å². The normalized spacial score (nSPS) is 28.0. The van der Waals surface area contributed by atoms with E-state index >= 15 is 0 Å². The first kappa shape index (κ1) is 9.32. The van der Waals surface area contributed by atoms with E-state index in [1.165, 1.54) is 23.5 Å². The van der Waals surface area contributed by atoms with Crippen molar-refractivity contribution in [2.75, 3.05) is 0 Å². The quantitative estimate of drug-likeness (QED) is 0.580. The molecule has 2 aliphatic heterocycles. The van der Waals surface area contributed by atoms with Gasteiger partial charge in [-0.2, -0.15) is 10.5 Å². The largest absolute Gasteiger partial charge is 0.274 e. The molecule has 2 atom stereocenters. The highest BCUT2D eigenvalue weighted by Gasteiger charge is 2.34. The molecule has 2 rings (SSSR count). The van der Waals surface area contributed by atoms with Crippen LogP contribution in [0.1, 0.15) is 0 Å². The Labute approximate surface area is 89.4 Å². The van der Waals surface area contributed by atoms with Crippen LogP contribution in [0.2, 0.25) is 0 Å². The second-order valence-corrected chi connectivity index (χ2v) is 5.01. The van der Waals surface area contributed by atoms with Crippen molar-refractivity contribution < 1.29 is 0 Å². The van der Waals surface area contributed by atoms with E-state index < -0.39 is 0 Å². The minimum Gasteiger partial charge on any atom is -0.274 e. The van der Waals surface area contributed by atoms with Gasteiger partial charge in [0.1, 0.15) is 28.5 Å². The molecule has 0 aromatic heterocycles. The third-order valence-electron chi connectivity index (χ3n) is 1.66. The number of allylic oxidation sites excluding steroid dienone is 1. The molecule has 6 heteroatoms. The van der Waals surface area contributed by atoms with Crippen LogP contribution in [-0.4, -0.2) is 23.2 Å². The van der Waals surface area contributed by atoms with Crippen molar-refractivity contribution >= 4 is 36.0 Å². The third-order valence-corrected chi connectivity index (χ3v) is 4.49. The van der Waals surface area contributed by atoms with Crippen molar-refractivity contribution in [3.8, 4) is 12.1 Å². The van der Waals surface area contributed by atoms with Gasteiger partial charge in [0.05, 0.1) is 4.24 Å². The molecule has 14 heavy (non-hydrogen) atoms. The Morgan fingerprint density at radius 1 is 1.14 bits per heavy atom. The number of rotatable bonds is 0. The Bertz CT molecular complexity index is 386. The number of fused-ring (bicyclic) bond motifs is 1. The molecule has 1 saturated heterocycles. The van der Waals surface area contributed by atoms with Crippen LogP contribution in [0.25, 0.3) is 0 Å². The van der Waals surface area contributed by atoms with Gasteiger partial charge >= 0.3 is 0 Å². The van der Waals surface area contributed by atoms with Crippen molar-refractivity contribution in [1.82, 2.24) is 0 Å². The van der Waals surface area contributed by atoms with E-state index in [1.54, 1.807) is 12.4 Å². The molecule has 2 heterocycles. The Kier molecular flexibility index (Phi) is 2.58. The summed E-state index contributed by atoms with van der Waals surface area (Å²) in [6, 6.07) is 3.75. The Morgan fingerprint density at radius 2 is 1.64 bits per heavy atom. The van der Waals surface area contributed by atoms with E-state index in [-0.39, 0.29) is 16.3 Å². The van der Waals surface area contributed by atoms with Crippen LogP contribution in [0.5, 0.6) is 0 Å². The molecular formula is C8H4N4S2. The Balaban J connectivity index is 2.28. The number of nitriles is 2. The van der Waals surface area contributed by atoms with Gasteiger partial charge in [0.15, 0.2) is 0 Å². The molecule has 0 amide bonds. The standard InChI is InChI=1S/C8H4N4S2/c9-3-5(4-10)8-13-6-7(14-8)12-2-1-11-6/h1-2,6-7H. The maximum Gasteiger partial charge on any atom is 0.149 e. The van der Waals surface area contributed by atoms with Crippen molar-refractivity contribution in [2.24, 2.45) is 9.98 Å². The lowest BCUT2D eigenvalue weighted by Crippen LogP contribution is -2.14. The fourth-order valence-corrected chi connectivity index (χ4v) is 3.69. The summed E-state index contributed by atoms with van der Waals surface area (Å²) in [5.74, 6) is 0. The van der Waals surface area contributed by atoms with Crippen LogP contribution in [0.3, 0.4) is 0 Å². The summed E-state index contributed by atoms with van der Waals surface area (Å²) in [6.45, 7) is 0. The average molecular weight is 220 g/mol. The minimum atomic E-state index is 0.0247. The first-order valence-corrected chi connectivity index (χ1v) is 5.54. The molecule has 4 nitrogen and oxygen atoms in total. The van der Waals surface area contributed by atoms with Crippen LogP contribution in [0, 0.1) is 22.7 Å². The lowest BCUT2D eigenvalue weighted by atomic mass is 10.4. The zero-order chi connectivity index (χ0) is 9.97. The number of aliphatic imine (C=N–C) groups is 2. The van der Waals surface area contributed by atoms with E-state index in [4.69, 9.17) is 10.5 Å². The first-order chi connectivity index (χ1) is 6.85. The SMILES string of the molecule is N#CC(C#N)=C1SC2N=CC=NC2S1. The monoisotopic (exact) mass is 220 g/mol. The predicted molar refractivity (Wildman–Crippen MR) is 58.0 cm³/mol. The Hall–Kier alpha value is -1.24. The maximum absolute atomic E-state index is 8.69. The van der Waals surface area contributed by atoms with Crippen molar-refractivity contribution in [3.05, 3.63) is 9.81 Å². The molecule has 1 fully saturated rings. The topological polar surface area (TPSA) is 72.3 Å². The van der Waals surface area contributed by atoms with Crippen LogP contribution in [0.4, 0.5) is 0 Å². The maximum atomic E-state index is 8.69. The molecule has 0 spiro atoms. The first-order valence-electron chi connectivity index (χ1n) is 3.78. The smallest absolute Gasteiger partial charge is 0.149 e. The van der Waals surface area contributed by atoms with Gasteiger partial charge in [-0.25, -0.2) is 0 Å². The fourth-order valence-electron chi connectivity index (χ4n) is 1.05. The van der Waals surface area contributed by atoms with Gasteiger partial charge in [0, 0.05) is 12.4 Å². The van der Waals surface area contributed by atoms with E-state index in [0.29, 0.717) is 0 Å². The highest BCUT2D eigenvalue weighted by atomic mass is 32.2. The van der Waals surface area contributed by atoms with Gasteiger partial charge in [-0.1, -0.05) is 23.5 Å². The summed E-state index contributed by atoms with van der Waals surface area (Å²) in [7, 11) is 0. The zero-order valence-electron chi connectivity index (χ0n) is 6.91.